The number of hydrogen-bond donors (Lipinski definition) is 2. The Kier molecular flexibility index (Phi) is 5.65. The Morgan fingerprint density at radius 1 is 1.28 bits per heavy atom. The maximum atomic E-state index is 11.7. The van der Waals surface area contributed by atoms with Gasteiger partial charge in [-0.15, -0.1) is 11.6 Å². The number of benzene rings is 1. The normalized spacial score (nSPS) is 11.7. The molecule has 0 aliphatic heterocycles. The van der Waals surface area contributed by atoms with Crippen LogP contribution in [-0.2, 0) is 4.79 Å². The maximum Gasteiger partial charge on any atom is 0.251 e. The van der Waals surface area contributed by atoms with Gasteiger partial charge in [0.15, 0.2) is 0 Å². The molecule has 0 saturated heterocycles. The summed E-state index contributed by atoms with van der Waals surface area (Å²) in [6.45, 7) is 4.27. The molecule has 0 aliphatic carbocycles. The van der Waals surface area contributed by atoms with Crippen LogP contribution < -0.4 is 10.6 Å². The SMILES string of the molecule is Cc1cccc(C(=O)NCCNC(=O)C(C)Cl)c1. The van der Waals surface area contributed by atoms with Crippen molar-refractivity contribution in [1.29, 1.82) is 0 Å². The first-order valence-corrected chi connectivity index (χ1v) is 6.21. The Bertz CT molecular complexity index is 433. The van der Waals surface area contributed by atoms with Gasteiger partial charge in [-0.2, -0.15) is 0 Å². The summed E-state index contributed by atoms with van der Waals surface area (Å²) in [5.74, 6) is -0.381. The van der Waals surface area contributed by atoms with Gasteiger partial charge in [0, 0.05) is 18.7 Å². The molecule has 1 atom stereocenters. The maximum absolute atomic E-state index is 11.7. The molecule has 0 radical (unpaired) electrons. The van der Waals surface area contributed by atoms with Crippen LogP contribution >= 0.6 is 11.6 Å². The first kappa shape index (κ1) is 14.5. The Balaban J connectivity index is 2.32. The molecule has 2 amide bonds. The van der Waals surface area contributed by atoms with Gasteiger partial charge in [0.1, 0.15) is 5.38 Å². The van der Waals surface area contributed by atoms with Crippen LogP contribution in [0.5, 0.6) is 0 Å². The summed E-state index contributed by atoms with van der Waals surface area (Å²) in [4.78, 5) is 22.9. The molecule has 0 heterocycles. The van der Waals surface area contributed by atoms with E-state index in [-0.39, 0.29) is 11.8 Å². The first-order valence-electron chi connectivity index (χ1n) is 5.77. The minimum Gasteiger partial charge on any atom is -0.353 e. The topological polar surface area (TPSA) is 58.2 Å². The van der Waals surface area contributed by atoms with Gasteiger partial charge in [-0.25, -0.2) is 0 Å². The molecule has 0 saturated carbocycles. The van der Waals surface area contributed by atoms with Gasteiger partial charge in [-0.05, 0) is 26.0 Å². The van der Waals surface area contributed by atoms with E-state index in [9.17, 15) is 9.59 Å². The predicted molar refractivity (Wildman–Crippen MR) is 71.8 cm³/mol. The van der Waals surface area contributed by atoms with E-state index in [1.54, 1.807) is 13.0 Å². The van der Waals surface area contributed by atoms with Crippen molar-refractivity contribution in [3.63, 3.8) is 0 Å². The highest BCUT2D eigenvalue weighted by Crippen LogP contribution is 2.03. The Morgan fingerprint density at radius 3 is 2.56 bits per heavy atom. The number of halogens is 1. The summed E-state index contributed by atoms with van der Waals surface area (Å²) in [5.41, 5.74) is 1.65. The highest BCUT2D eigenvalue weighted by molar-refractivity contribution is 6.30. The predicted octanol–water partition coefficient (Wildman–Crippen LogP) is 1.47. The summed E-state index contributed by atoms with van der Waals surface area (Å²) >= 11 is 5.58. The summed E-state index contributed by atoms with van der Waals surface area (Å²) in [6.07, 6.45) is 0. The third-order valence-electron chi connectivity index (χ3n) is 2.35. The van der Waals surface area contributed by atoms with E-state index in [0.29, 0.717) is 18.7 Å². The second-order valence-electron chi connectivity index (χ2n) is 4.03. The zero-order valence-corrected chi connectivity index (χ0v) is 11.3. The Hall–Kier alpha value is -1.55. The van der Waals surface area contributed by atoms with E-state index in [1.807, 2.05) is 25.1 Å². The van der Waals surface area contributed by atoms with Crippen molar-refractivity contribution >= 4 is 23.4 Å². The van der Waals surface area contributed by atoms with Gasteiger partial charge < -0.3 is 10.6 Å². The molecule has 1 rings (SSSR count). The molecule has 1 aromatic carbocycles. The number of alkyl halides is 1. The molecule has 98 valence electrons. The van der Waals surface area contributed by atoms with Crippen LogP contribution in [0, 0.1) is 6.92 Å². The van der Waals surface area contributed by atoms with Gasteiger partial charge >= 0.3 is 0 Å². The van der Waals surface area contributed by atoms with Crippen LogP contribution in [0.1, 0.15) is 22.8 Å². The van der Waals surface area contributed by atoms with Crippen LogP contribution in [0.4, 0.5) is 0 Å². The van der Waals surface area contributed by atoms with Gasteiger partial charge in [0.2, 0.25) is 5.91 Å². The highest BCUT2D eigenvalue weighted by Gasteiger charge is 2.08. The second-order valence-corrected chi connectivity index (χ2v) is 4.69. The van der Waals surface area contributed by atoms with Gasteiger partial charge in [-0.3, -0.25) is 9.59 Å². The molecule has 0 bridgehead atoms. The fourth-order valence-electron chi connectivity index (χ4n) is 1.39. The number of nitrogens with one attached hydrogen (secondary N) is 2. The van der Waals surface area contributed by atoms with Crippen molar-refractivity contribution in [2.24, 2.45) is 0 Å². The number of carbonyl (C=O) groups is 2. The van der Waals surface area contributed by atoms with E-state index in [1.165, 1.54) is 0 Å². The number of hydrogen-bond acceptors (Lipinski definition) is 2. The molecule has 1 unspecified atom stereocenters. The van der Waals surface area contributed by atoms with Gasteiger partial charge in [0.05, 0.1) is 0 Å². The molecule has 0 spiro atoms. The van der Waals surface area contributed by atoms with Crippen LogP contribution in [-0.4, -0.2) is 30.3 Å². The molecule has 18 heavy (non-hydrogen) atoms. The van der Waals surface area contributed by atoms with Crippen molar-refractivity contribution in [1.82, 2.24) is 10.6 Å². The average molecular weight is 269 g/mol. The molecule has 0 fully saturated rings. The minimum absolute atomic E-state index is 0.146. The molecular formula is C13H17ClN2O2. The molecule has 4 nitrogen and oxygen atoms in total. The largest absolute Gasteiger partial charge is 0.353 e. The van der Waals surface area contributed by atoms with Gasteiger partial charge in [-0.1, -0.05) is 17.7 Å². The van der Waals surface area contributed by atoms with E-state index < -0.39 is 5.38 Å². The quantitative estimate of drug-likeness (QED) is 0.628. The van der Waals surface area contributed by atoms with Crippen LogP contribution in [0.15, 0.2) is 24.3 Å². The first-order chi connectivity index (χ1) is 8.50. The van der Waals surface area contributed by atoms with E-state index in [2.05, 4.69) is 10.6 Å². The molecule has 0 aliphatic rings. The number of rotatable bonds is 5. The fraction of sp³-hybridized carbons (Fsp3) is 0.385. The lowest BCUT2D eigenvalue weighted by molar-refractivity contribution is -0.120. The molecule has 0 aromatic heterocycles. The number of carbonyl (C=O) groups excluding carboxylic acids is 2. The standard InChI is InChI=1S/C13H17ClN2O2/c1-9-4-3-5-11(8-9)13(18)16-7-6-15-12(17)10(2)14/h3-5,8,10H,6-7H2,1-2H3,(H,15,17)(H,16,18). The van der Waals surface area contributed by atoms with Crippen molar-refractivity contribution in [2.45, 2.75) is 19.2 Å². The third-order valence-corrected chi connectivity index (χ3v) is 2.55. The monoisotopic (exact) mass is 268 g/mol. The lowest BCUT2D eigenvalue weighted by Gasteiger charge is -2.08. The second kappa shape index (κ2) is 7.01. The van der Waals surface area contributed by atoms with Gasteiger partial charge in [0.25, 0.3) is 5.91 Å². The number of aryl methyl sites for hydroxylation is 1. The fourth-order valence-corrected chi connectivity index (χ4v) is 1.47. The van der Waals surface area contributed by atoms with Crippen molar-refractivity contribution in [3.8, 4) is 0 Å². The minimum atomic E-state index is -0.558. The van der Waals surface area contributed by atoms with Crippen molar-refractivity contribution < 1.29 is 9.59 Å². The van der Waals surface area contributed by atoms with Crippen LogP contribution in [0.3, 0.4) is 0 Å². The van der Waals surface area contributed by atoms with E-state index in [4.69, 9.17) is 11.6 Å². The summed E-state index contributed by atoms with van der Waals surface area (Å²) in [7, 11) is 0. The van der Waals surface area contributed by atoms with Crippen molar-refractivity contribution in [2.75, 3.05) is 13.1 Å². The lowest BCUT2D eigenvalue weighted by atomic mass is 10.1. The van der Waals surface area contributed by atoms with Crippen LogP contribution in [0.2, 0.25) is 0 Å². The third kappa shape index (κ3) is 4.75. The zero-order chi connectivity index (χ0) is 13.5. The Morgan fingerprint density at radius 2 is 1.94 bits per heavy atom. The summed E-state index contributed by atoms with van der Waals surface area (Å²) in [5, 5.41) is 4.78. The van der Waals surface area contributed by atoms with E-state index >= 15 is 0 Å². The average Bonchev–Trinajstić information content (AvgIpc) is 2.33. The smallest absolute Gasteiger partial charge is 0.251 e. The zero-order valence-electron chi connectivity index (χ0n) is 10.5. The molecular weight excluding hydrogens is 252 g/mol. The van der Waals surface area contributed by atoms with Crippen LogP contribution in [0.25, 0.3) is 0 Å². The van der Waals surface area contributed by atoms with Crippen molar-refractivity contribution in [3.05, 3.63) is 35.4 Å². The highest BCUT2D eigenvalue weighted by atomic mass is 35.5. The summed E-state index contributed by atoms with van der Waals surface area (Å²) in [6, 6.07) is 7.33. The Labute approximate surface area is 112 Å². The van der Waals surface area contributed by atoms with E-state index in [0.717, 1.165) is 5.56 Å². The molecule has 2 N–H and O–H groups in total. The molecule has 1 aromatic rings. The number of amides is 2. The lowest BCUT2D eigenvalue weighted by Crippen LogP contribution is -2.37. The molecule has 5 heteroatoms. The summed E-state index contributed by atoms with van der Waals surface area (Å²) < 4.78 is 0.